The molecule has 1 amide bonds. The number of nitrogens with zero attached hydrogens (tertiary/aromatic N) is 3. The van der Waals surface area contributed by atoms with Crippen LogP contribution in [-0.4, -0.2) is 27.6 Å². The Morgan fingerprint density at radius 2 is 1.87 bits per heavy atom. The van der Waals surface area contributed by atoms with Gasteiger partial charge in [-0.05, 0) is 42.0 Å². The summed E-state index contributed by atoms with van der Waals surface area (Å²) in [6.45, 7) is 0.288. The van der Waals surface area contributed by atoms with Gasteiger partial charge in [0, 0.05) is 18.3 Å². The van der Waals surface area contributed by atoms with Gasteiger partial charge in [0.05, 0.1) is 18.2 Å². The molecule has 0 aliphatic rings. The van der Waals surface area contributed by atoms with Crippen molar-refractivity contribution in [1.29, 1.82) is 0 Å². The van der Waals surface area contributed by atoms with Crippen LogP contribution in [0.3, 0.4) is 0 Å². The Hall–Kier alpha value is -3.88. The van der Waals surface area contributed by atoms with Crippen LogP contribution in [0.15, 0.2) is 66.9 Å². The number of halogens is 3. The average Bonchev–Trinajstić information content (AvgIpc) is 3.20. The number of amides is 1. The first-order chi connectivity index (χ1) is 14.8. The Balaban J connectivity index is 1.60. The fourth-order valence-electron chi connectivity index (χ4n) is 3.12. The fraction of sp³-hybridized carbons (Fsp3) is 0.136. The van der Waals surface area contributed by atoms with Gasteiger partial charge in [-0.3, -0.25) is 9.20 Å². The van der Waals surface area contributed by atoms with E-state index in [1.54, 1.807) is 25.3 Å². The van der Waals surface area contributed by atoms with Crippen LogP contribution in [0.2, 0.25) is 0 Å². The molecule has 2 aromatic heterocycles. The zero-order valence-corrected chi connectivity index (χ0v) is 16.3. The second-order valence-electron chi connectivity index (χ2n) is 6.78. The molecular weight excluding hydrogens is 409 g/mol. The van der Waals surface area contributed by atoms with E-state index in [-0.39, 0.29) is 23.8 Å². The van der Waals surface area contributed by atoms with Gasteiger partial charge in [0.15, 0.2) is 11.5 Å². The van der Waals surface area contributed by atoms with Crippen molar-refractivity contribution in [1.82, 2.24) is 19.9 Å². The first-order valence-corrected chi connectivity index (χ1v) is 9.29. The van der Waals surface area contributed by atoms with Crippen molar-refractivity contribution in [2.45, 2.75) is 12.7 Å². The minimum Gasteiger partial charge on any atom is -0.497 e. The topological polar surface area (TPSA) is 68.5 Å². The molecular formula is C22H17F3N4O2. The van der Waals surface area contributed by atoms with E-state index in [1.165, 1.54) is 22.7 Å². The van der Waals surface area contributed by atoms with Gasteiger partial charge < -0.3 is 10.1 Å². The predicted octanol–water partition coefficient (Wildman–Crippen LogP) is 4.35. The Bertz CT molecular complexity index is 1250. The maximum Gasteiger partial charge on any atom is 0.416 e. The number of rotatable bonds is 5. The number of fused-ring (bicyclic) bond motifs is 1. The molecule has 0 fully saturated rings. The van der Waals surface area contributed by atoms with E-state index in [9.17, 15) is 18.0 Å². The molecule has 0 saturated heterocycles. The molecule has 0 radical (unpaired) electrons. The molecule has 0 spiro atoms. The summed E-state index contributed by atoms with van der Waals surface area (Å²) in [5.41, 5.74) is 1.06. The molecule has 2 heterocycles. The van der Waals surface area contributed by atoms with Crippen LogP contribution < -0.4 is 10.1 Å². The van der Waals surface area contributed by atoms with Crippen LogP contribution in [0.25, 0.3) is 17.0 Å². The highest BCUT2D eigenvalue weighted by atomic mass is 19.4. The highest BCUT2D eigenvalue weighted by Crippen LogP contribution is 2.31. The zero-order valence-electron chi connectivity index (χ0n) is 16.3. The fourth-order valence-corrected chi connectivity index (χ4v) is 3.12. The monoisotopic (exact) mass is 426 g/mol. The summed E-state index contributed by atoms with van der Waals surface area (Å²) in [6, 6.07) is 15.3. The van der Waals surface area contributed by atoms with Crippen molar-refractivity contribution in [2.75, 3.05) is 7.11 Å². The van der Waals surface area contributed by atoms with Crippen molar-refractivity contribution in [3.05, 3.63) is 83.6 Å². The number of aromatic nitrogens is 3. The lowest BCUT2D eigenvalue weighted by Crippen LogP contribution is -2.23. The lowest BCUT2D eigenvalue weighted by atomic mass is 10.1. The van der Waals surface area contributed by atoms with E-state index in [0.717, 1.165) is 17.7 Å². The van der Waals surface area contributed by atoms with Crippen molar-refractivity contribution in [2.24, 2.45) is 0 Å². The normalized spacial score (nSPS) is 11.5. The van der Waals surface area contributed by atoms with Gasteiger partial charge in [-0.2, -0.15) is 13.2 Å². The van der Waals surface area contributed by atoms with Gasteiger partial charge in [-0.25, -0.2) is 0 Å². The van der Waals surface area contributed by atoms with E-state index in [2.05, 4.69) is 15.5 Å². The molecule has 0 unspecified atom stereocenters. The number of benzene rings is 2. The van der Waals surface area contributed by atoms with E-state index >= 15 is 0 Å². The number of carbonyl (C=O) groups excluding carboxylic acids is 1. The van der Waals surface area contributed by atoms with Crippen LogP contribution >= 0.6 is 0 Å². The molecule has 6 nitrogen and oxygen atoms in total. The van der Waals surface area contributed by atoms with Crippen molar-refractivity contribution >= 4 is 11.6 Å². The predicted molar refractivity (Wildman–Crippen MR) is 108 cm³/mol. The van der Waals surface area contributed by atoms with E-state index in [0.29, 0.717) is 17.0 Å². The number of carbonyl (C=O) groups is 1. The molecule has 0 aliphatic carbocycles. The largest absolute Gasteiger partial charge is 0.497 e. The number of methoxy groups -OCH3 is 1. The molecule has 4 rings (SSSR count). The maximum absolute atomic E-state index is 13.1. The second kappa shape index (κ2) is 8.10. The Labute approximate surface area is 175 Å². The Morgan fingerprint density at radius 3 is 2.65 bits per heavy atom. The molecule has 31 heavy (non-hydrogen) atoms. The molecule has 0 bridgehead atoms. The summed E-state index contributed by atoms with van der Waals surface area (Å²) < 4.78 is 45.9. The first kappa shape index (κ1) is 20.4. The molecule has 2 aromatic carbocycles. The third-order valence-corrected chi connectivity index (χ3v) is 4.70. The van der Waals surface area contributed by atoms with Crippen LogP contribution in [0.1, 0.15) is 21.5 Å². The number of ether oxygens (including phenoxy) is 1. The standard InChI is InChI=1S/C22H17F3N4O2/c1-31-18-7-2-4-14(10-18)12-26-21(30)16-8-9-19-27-28-20(29(19)13-16)15-5-3-6-17(11-15)22(23,24)25/h2-11,13H,12H2,1H3,(H,26,30). The molecule has 0 aliphatic heterocycles. The van der Waals surface area contributed by atoms with Crippen LogP contribution in [0.4, 0.5) is 13.2 Å². The summed E-state index contributed by atoms with van der Waals surface area (Å²) in [6.07, 6.45) is -2.96. The minimum absolute atomic E-state index is 0.212. The second-order valence-corrected chi connectivity index (χ2v) is 6.78. The van der Waals surface area contributed by atoms with Gasteiger partial charge in [-0.1, -0.05) is 24.3 Å². The van der Waals surface area contributed by atoms with E-state index in [4.69, 9.17) is 4.74 Å². The highest BCUT2D eigenvalue weighted by Gasteiger charge is 2.30. The molecule has 0 atom stereocenters. The quantitative estimate of drug-likeness (QED) is 0.515. The summed E-state index contributed by atoms with van der Waals surface area (Å²) in [7, 11) is 1.56. The first-order valence-electron chi connectivity index (χ1n) is 9.29. The third kappa shape index (κ3) is 4.35. The van der Waals surface area contributed by atoms with Gasteiger partial charge in [0.1, 0.15) is 5.75 Å². The van der Waals surface area contributed by atoms with Crippen molar-refractivity contribution in [3.8, 4) is 17.1 Å². The molecule has 9 heteroatoms. The molecule has 0 saturated carbocycles. The van der Waals surface area contributed by atoms with Gasteiger partial charge in [0.2, 0.25) is 0 Å². The third-order valence-electron chi connectivity index (χ3n) is 4.70. The highest BCUT2D eigenvalue weighted by molar-refractivity contribution is 5.94. The van der Waals surface area contributed by atoms with Crippen LogP contribution in [0, 0.1) is 0 Å². The van der Waals surface area contributed by atoms with E-state index in [1.807, 2.05) is 18.2 Å². The number of pyridine rings is 1. The SMILES string of the molecule is COc1cccc(CNC(=O)c2ccc3nnc(-c4cccc(C(F)(F)F)c4)n3c2)c1. The van der Waals surface area contributed by atoms with Crippen molar-refractivity contribution in [3.63, 3.8) is 0 Å². The van der Waals surface area contributed by atoms with Gasteiger partial charge in [-0.15, -0.1) is 10.2 Å². The molecule has 4 aromatic rings. The number of hydrogen-bond acceptors (Lipinski definition) is 4. The van der Waals surface area contributed by atoms with Gasteiger partial charge in [0.25, 0.3) is 5.91 Å². The average molecular weight is 426 g/mol. The number of nitrogens with one attached hydrogen (secondary N) is 1. The minimum atomic E-state index is -4.47. The molecule has 158 valence electrons. The van der Waals surface area contributed by atoms with Gasteiger partial charge >= 0.3 is 6.18 Å². The summed E-state index contributed by atoms with van der Waals surface area (Å²) in [5.74, 6) is 0.556. The summed E-state index contributed by atoms with van der Waals surface area (Å²) in [4.78, 5) is 12.6. The number of hydrogen-bond donors (Lipinski definition) is 1. The van der Waals surface area contributed by atoms with Crippen LogP contribution in [-0.2, 0) is 12.7 Å². The maximum atomic E-state index is 13.1. The van der Waals surface area contributed by atoms with Crippen molar-refractivity contribution < 1.29 is 22.7 Å². The lowest BCUT2D eigenvalue weighted by Gasteiger charge is -2.09. The number of alkyl halides is 3. The summed E-state index contributed by atoms with van der Waals surface area (Å²) >= 11 is 0. The Morgan fingerprint density at radius 1 is 1.06 bits per heavy atom. The Kier molecular flexibility index (Phi) is 5.33. The molecule has 1 N–H and O–H groups in total. The van der Waals surface area contributed by atoms with E-state index < -0.39 is 11.7 Å². The lowest BCUT2D eigenvalue weighted by molar-refractivity contribution is -0.137. The summed E-state index contributed by atoms with van der Waals surface area (Å²) in [5, 5.41) is 10.8. The zero-order chi connectivity index (χ0) is 22.0. The van der Waals surface area contributed by atoms with Crippen LogP contribution in [0.5, 0.6) is 5.75 Å². The smallest absolute Gasteiger partial charge is 0.416 e.